The highest BCUT2D eigenvalue weighted by atomic mass is 79.9. The van der Waals surface area contributed by atoms with Crippen molar-refractivity contribution in [3.05, 3.63) is 57.7 Å². The van der Waals surface area contributed by atoms with Gasteiger partial charge in [-0.05, 0) is 35.9 Å². The van der Waals surface area contributed by atoms with E-state index in [1.165, 1.54) is 12.1 Å². The number of methoxy groups -OCH3 is 1. The zero-order valence-electron chi connectivity index (χ0n) is 9.82. The minimum atomic E-state index is -0.498. The fourth-order valence-electron chi connectivity index (χ4n) is 1.70. The van der Waals surface area contributed by atoms with Crippen LogP contribution in [0, 0.1) is 5.82 Å². The molecule has 1 atom stereocenters. The summed E-state index contributed by atoms with van der Waals surface area (Å²) in [5, 5.41) is 0. The van der Waals surface area contributed by atoms with Crippen molar-refractivity contribution in [1.82, 2.24) is 0 Å². The zero-order valence-corrected chi connectivity index (χ0v) is 11.4. The van der Waals surface area contributed by atoms with E-state index in [2.05, 4.69) is 15.9 Å². The summed E-state index contributed by atoms with van der Waals surface area (Å²) in [7, 11) is 1.59. The number of hydrogen-bond donors (Lipinski definition) is 1. The van der Waals surface area contributed by atoms with Crippen molar-refractivity contribution in [3.63, 3.8) is 0 Å². The second-order valence-electron chi connectivity index (χ2n) is 3.92. The molecular formula is C13H13BrFNO2. The van der Waals surface area contributed by atoms with E-state index in [1.54, 1.807) is 25.3 Å². The van der Waals surface area contributed by atoms with Crippen LogP contribution in [0.15, 0.2) is 39.2 Å². The topological polar surface area (TPSA) is 48.4 Å². The smallest absolute Gasteiger partial charge is 0.129 e. The van der Waals surface area contributed by atoms with Crippen LogP contribution in [0.4, 0.5) is 4.39 Å². The van der Waals surface area contributed by atoms with E-state index in [9.17, 15) is 4.39 Å². The summed E-state index contributed by atoms with van der Waals surface area (Å²) in [5.41, 5.74) is 6.69. The summed E-state index contributed by atoms with van der Waals surface area (Å²) >= 11 is 3.24. The van der Waals surface area contributed by atoms with Crippen LogP contribution in [0.5, 0.6) is 0 Å². The molecule has 1 unspecified atom stereocenters. The van der Waals surface area contributed by atoms with Gasteiger partial charge in [-0.2, -0.15) is 0 Å². The van der Waals surface area contributed by atoms with Crippen molar-refractivity contribution in [1.29, 1.82) is 0 Å². The molecule has 0 amide bonds. The van der Waals surface area contributed by atoms with Crippen LogP contribution in [0.2, 0.25) is 0 Å². The Morgan fingerprint density at radius 3 is 2.83 bits per heavy atom. The number of halogens is 2. The molecule has 1 aromatic carbocycles. The van der Waals surface area contributed by atoms with Crippen molar-refractivity contribution >= 4 is 15.9 Å². The highest BCUT2D eigenvalue weighted by Crippen LogP contribution is 2.25. The third kappa shape index (κ3) is 2.98. The van der Waals surface area contributed by atoms with E-state index in [1.807, 2.05) is 0 Å². The third-order valence-corrected chi connectivity index (χ3v) is 2.98. The molecule has 2 N–H and O–H groups in total. The highest BCUT2D eigenvalue weighted by molar-refractivity contribution is 9.10. The molecule has 2 rings (SSSR count). The van der Waals surface area contributed by atoms with E-state index < -0.39 is 6.04 Å². The van der Waals surface area contributed by atoms with Gasteiger partial charge in [0, 0.05) is 11.6 Å². The first-order valence-corrected chi connectivity index (χ1v) is 6.18. The Kier molecular flexibility index (Phi) is 4.16. The molecule has 96 valence electrons. The van der Waals surface area contributed by atoms with Crippen LogP contribution >= 0.6 is 15.9 Å². The molecule has 0 fully saturated rings. The number of benzene rings is 1. The van der Waals surface area contributed by atoms with E-state index in [0.717, 1.165) is 0 Å². The Hall–Kier alpha value is -1.17. The van der Waals surface area contributed by atoms with Gasteiger partial charge in [0.15, 0.2) is 0 Å². The molecule has 3 nitrogen and oxygen atoms in total. The van der Waals surface area contributed by atoms with Crippen LogP contribution in [-0.4, -0.2) is 7.11 Å². The van der Waals surface area contributed by atoms with Crippen LogP contribution in [-0.2, 0) is 11.3 Å². The summed E-state index contributed by atoms with van der Waals surface area (Å²) in [6.07, 6.45) is 0. The monoisotopic (exact) mass is 313 g/mol. The molecule has 0 aliphatic rings. The van der Waals surface area contributed by atoms with Crippen molar-refractivity contribution in [3.8, 4) is 0 Å². The minimum absolute atomic E-state index is 0.335. The number of furan rings is 1. The summed E-state index contributed by atoms with van der Waals surface area (Å²) in [5.74, 6) is 0.941. The molecular weight excluding hydrogens is 301 g/mol. The van der Waals surface area contributed by atoms with Gasteiger partial charge in [0.2, 0.25) is 0 Å². The van der Waals surface area contributed by atoms with Crippen molar-refractivity contribution in [2.75, 3.05) is 7.11 Å². The van der Waals surface area contributed by atoms with Gasteiger partial charge in [0.1, 0.15) is 23.9 Å². The van der Waals surface area contributed by atoms with Crippen molar-refractivity contribution in [2.45, 2.75) is 12.6 Å². The Labute approximate surface area is 113 Å². The molecule has 0 radical (unpaired) electrons. The van der Waals surface area contributed by atoms with E-state index in [4.69, 9.17) is 14.9 Å². The largest absolute Gasteiger partial charge is 0.462 e. The van der Waals surface area contributed by atoms with Gasteiger partial charge in [-0.1, -0.05) is 15.9 Å². The molecule has 0 saturated carbocycles. The van der Waals surface area contributed by atoms with Crippen molar-refractivity contribution < 1.29 is 13.5 Å². The first kappa shape index (κ1) is 13.3. The van der Waals surface area contributed by atoms with E-state index in [0.29, 0.717) is 28.2 Å². The maximum absolute atomic E-state index is 13.3. The van der Waals surface area contributed by atoms with Gasteiger partial charge in [-0.15, -0.1) is 0 Å². The fraction of sp³-hybridized carbons (Fsp3) is 0.231. The number of ether oxygens (including phenoxy) is 1. The second kappa shape index (κ2) is 5.65. The molecule has 0 aliphatic carbocycles. The third-order valence-electron chi connectivity index (χ3n) is 2.52. The minimum Gasteiger partial charge on any atom is -0.462 e. The lowest BCUT2D eigenvalue weighted by molar-refractivity contribution is 0.162. The maximum atomic E-state index is 13.3. The highest BCUT2D eigenvalue weighted by Gasteiger charge is 2.14. The number of nitrogens with two attached hydrogens (primary N) is 1. The van der Waals surface area contributed by atoms with Crippen LogP contribution in [0.3, 0.4) is 0 Å². The van der Waals surface area contributed by atoms with Crippen LogP contribution in [0.1, 0.15) is 23.1 Å². The molecule has 5 heteroatoms. The standard InChI is InChI=1S/C13H13BrFNO2/c1-17-7-11-2-3-12(18-11)13(16)8-4-9(14)6-10(15)5-8/h2-6,13H,7,16H2,1H3. The molecule has 2 aromatic rings. The predicted octanol–water partition coefficient (Wildman–Crippen LogP) is 3.38. The lowest BCUT2D eigenvalue weighted by atomic mass is 10.1. The van der Waals surface area contributed by atoms with E-state index in [-0.39, 0.29) is 5.82 Å². The van der Waals surface area contributed by atoms with Gasteiger partial charge < -0.3 is 14.9 Å². The summed E-state index contributed by atoms with van der Waals surface area (Å²) in [6, 6.07) is 7.63. The molecule has 0 saturated heterocycles. The molecule has 18 heavy (non-hydrogen) atoms. The maximum Gasteiger partial charge on any atom is 0.129 e. The van der Waals surface area contributed by atoms with E-state index >= 15 is 0 Å². The van der Waals surface area contributed by atoms with Gasteiger partial charge in [-0.3, -0.25) is 0 Å². The fourth-order valence-corrected chi connectivity index (χ4v) is 2.18. The second-order valence-corrected chi connectivity index (χ2v) is 4.83. The predicted molar refractivity (Wildman–Crippen MR) is 69.6 cm³/mol. The molecule has 0 bridgehead atoms. The Morgan fingerprint density at radius 2 is 2.17 bits per heavy atom. The van der Waals surface area contributed by atoms with Gasteiger partial charge in [-0.25, -0.2) is 4.39 Å². The number of hydrogen-bond acceptors (Lipinski definition) is 3. The van der Waals surface area contributed by atoms with Crippen LogP contribution < -0.4 is 5.73 Å². The lowest BCUT2D eigenvalue weighted by Crippen LogP contribution is -2.11. The summed E-state index contributed by atoms with van der Waals surface area (Å²) < 4.78 is 24.4. The first-order valence-electron chi connectivity index (χ1n) is 5.39. The summed E-state index contributed by atoms with van der Waals surface area (Å²) in [6.45, 7) is 0.388. The average Bonchev–Trinajstić information content (AvgIpc) is 2.76. The quantitative estimate of drug-likeness (QED) is 0.941. The Bertz CT molecular complexity index is 521. The Morgan fingerprint density at radius 1 is 1.39 bits per heavy atom. The normalized spacial score (nSPS) is 12.7. The molecule has 1 aromatic heterocycles. The molecule has 0 spiro atoms. The molecule has 1 heterocycles. The van der Waals surface area contributed by atoms with Crippen molar-refractivity contribution in [2.24, 2.45) is 5.73 Å². The zero-order chi connectivity index (χ0) is 13.1. The summed E-state index contributed by atoms with van der Waals surface area (Å²) in [4.78, 5) is 0. The average molecular weight is 314 g/mol. The lowest BCUT2D eigenvalue weighted by Gasteiger charge is -2.10. The molecule has 0 aliphatic heterocycles. The SMILES string of the molecule is COCc1ccc(C(N)c2cc(F)cc(Br)c2)o1. The van der Waals surface area contributed by atoms with Gasteiger partial charge in [0.25, 0.3) is 0 Å². The van der Waals surface area contributed by atoms with Gasteiger partial charge in [0.05, 0.1) is 6.04 Å². The van der Waals surface area contributed by atoms with Crippen LogP contribution in [0.25, 0.3) is 0 Å². The number of rotatable bonds is 4. The first-order chi connectivity index (χ1) is 8.60. The Balaban J connectivity index is 2.26. The van der Waals surface area contributed by atoms with Gasteiger partial charge >= 0.3 is 0 Å².